The number of thiazole rings is 1. The van der Waals surface area contributed by atoms with Crippen molar-refractivity contribution >= 4 is 22.8 Å². The number of carbonyl (C=O) groups is 1. The number of piperidine rings is 1. The van der Waals surface area contributed by atoms with Crippen molar-refractivity contribution in [3.63, 3.8) is 0 Å². The quantitative estimate of drug-likeness (QED) is 0.787. The molecular weight excluding hydrogens is 256 g/mol. The number of anilines is 1. The molecule has 1 fully saturated rings. The van der Waals surface area contributed by atoms with Gasteiger partial charge in [0.25, 0.3) is 0 Å². The van der Waals surface area contributed by atoms with Crippen LogP contribution in [0.2, 0.25) is 0 Å². The molecule has 0 aliphatic carbocycles. The Morgan fingerprint density at radius 2 is 2.16 bits per heavy atom. The second kappa shape index (κ2) is 6.04. The van der Waals surface area contributed by atoms with Gasteiger partial charge in [0, 0.05) is 12.6 Å². The summed E-state index contributed by atoms with van der Waals surface area (Å²) < 4.78 is 0. The maximum Gasteiger partial charge on any atom is 0.186 e. The molecule has 2 heterocycles. The normalized spacial score (nSPS) is 27.6. The van der Waals surface area contributed by atoms with Gasteiger partial charge in [0.1, 0.15) is 0 Å². The van der Waals surface area contributed by atoms with Crippen LogP contribution in [0.15, 0.2) is 0 Å². The number of nitrogens with zero attached hydrogens (tertiary/aromatic N) is 2. The fourth-order valence-corrected chi connectivity index (χ4v) is 3.97. The lowest BCUT2D eigenvalue weighted by molar-refractivity contribution is 0.112. The van der Waals surface area contributed by atoms with E-state index in [4.69, 9.17) is 4.98 Å². The topological polar surface area (TPSA) is 33.2 Å². The minimum atomic E-state index is 0.510. The Hall–Kier alpha value is -0.900. The van der Waals surface area contributed by atoms with Crippen molar-refractivity contribution in [2.45, 2.75) is 53.0 Å². The summed E-state index contributed by atoms with van der Waals surface area (Å²) in [4.78, 5) is 19.1. The van der Waals surface area contributed by atoms with Crippen molar-refractivity contribution in [2.24, 2.45) is 11.8 Å². The lowest BCUT2D eigenvalue weighted by Gasteiger charge is -2.41. The predicted octanol–water partition coefficient (Wildman–Crippen LogP) is 3.78. The SMILES string of the molecule is CCCc1nc(N2CC(C)CC(C)C2C)sc1C=O. The van der Waals surface area contributed by atoms with E-state index in [0.717, 1.165) is 41.4 Å². The zero-order valence-electron chi connectivity index (χ0n) is 12.3. The van der Waals surface area contributed by atoms with Crippen LogP contribution in [0.25, 0.3) is 0 Å². The third-order valence-electron chi connectivity index (χ3n) is 4.15. The van der Waals surface area contributed by atoms with Gasteiger partial charge in [-0.2, -0.15) is 0 Å². The third-order valence-corrected chi connectivity index (χ3v) is 5.21. The minimum absolute atomic E-state index is 0.510. The first kappa shape index (κ1) is 14.5. The smallest absolute Gasteiger partial charge is 0.186 e. The van der Waals surface area contributed by atoms with E-state index in [1.54, 1.807) is 11.3 Å². The fraction of sp³-hybridized carbons (Fsp3) is 0.733. The third kappa shape index (κ3) is 2.99. The molecule has 0 bridgehead atoms. The summed E-state index contributed by atoms with van der Waals surface area (Å²) in [7, 11) is 0. The van der Waals surface area contributed by atoms with Crippen LogP contribution in [0.4, 0.5) is 5.13 Å². The van der Waals surface area contributed by atoms with Crippen molar-refractivity contribution in [2.75, 3.05) is 11.4 Å². The molecule has 1 aliphatic heterocycles. The van der Waals surface area contributed by atoms with Gasteiger partial charge < -0.3 is 4.90 Å². The number of hydrogen-bond acceptors (Lipinski definition) is 4. The molecule has 3 atom stereocenters. The zero-order chi connectivity index (χ0) is 14.0. The van der Waals surface area contributed by atoms with Crippen LogP contribution >= 0.6 is 11.3 Å². The van der Waals surface area contributed by atoms with Gasteiger partial charge in [0.2, 0.25) is 0 Å². The van der Waals surface area contributed by atoms with Gasteiger partial charge in [-0.05, 0) is 31.6 Å². The van der Waals surface area contributed by atoms with Crippen LogP contribution in [-0.2, 0) is 6.42 Å². The highest BCUT2D eigenvalue weighted by atomic mass is 32.1. The van der Waals surface area contributed by atoms with Crippen LogP contribution in [-0.4, -0.2) is 23.9 Å². The maximum atomic E-state index is 11.2. The molecule has 0 radical (unpaired) electrons. The van der Waals surface area contributed by atoms with Gasteiger partial charge in [-0.15, -0.1) is 0 Å². The van der Waals surface area contributed by atoms with Gasteiger partial charge in [-0.3, -0.25) is 4.79 Å². The molecule has 3 unspecified atom stereocenters. The first-order valence-corrected chi connectivity index (χ1v) is 8.10. The molecule has 1 aliphatic rings. The summed E-state index contributed by atoms with van der Waals surface area (Å²) in [5.41, 5.74) is 0.982. The lowest BCUT2D eigenvalue weighted by atomic mass is 9.86. The summed E-state index contributed by atoms with van der Waals surface area (Å²) in [6, 6.07) is 0.510. The Labute approximate surface area is 120 Å². The van der Waals surface area contributed by atoms with Crippen LogP contribution < -0.4 is 4.90 Å². The molecule has 3 nitrogen and oxygen atoms in total. The van der Waals surface area contributed by atoms with E-state index in [1.165, 1.54) is 6.42 Å². The molecule has 0 amide bonds. The second-order valence-corrected chi connectivity index (χ2v) is 6.90. The van der Waals surface area contributed by atoms with E-state index >= 15 is 0 Å². The fourth-order valence-electron chi connectivity index (χ4n) is 2.95. The first-order valence-electron chi connectivity index (χ1n) is 7.28. The molecule has 19 heavy (non-hydrogen) atoms. The molecule has 1 aromatic heterocycles. The zero-order valence-corrected chi connectivity index (χ0v) is 13.2. The lowest BCUT2D eigenvalue weighted by Crippen LogP contribution is -2.45. The van der Waals surface area contributed by atoms with Crippen molar-refractivity contribution in [1.82, 2.24) is 4.98 Å². The summed E-state index contributed by atoms with van der Waals surface area (Å²) in [6.07, 6.45) is 4.18. The molecular formula is C15H24N2OS. The maximum absolute atomic E-state index is 11.2. The highest BCUT2D eigenvalue weighted by Crippen LogP contribution is 2.34. The van der Waals surface area contributed by atoms with Crippen LogP contribution in [0.3, 0.4) is 0 Å². The molecule has 1 saturated heterocycles. The minimum Gasteiger partial charge on any atom is -0.345 e. The average Bonchev–Trinajstić information content (AvgIpc) is 2.77. The average molecular weight is 280 g/mol. The Morgan fingerprint density at radius 3 is 2.79 bits per heavy atom. The van der Waals surface area contributed by atoms with Crippen molar-refractivity contribution in [3.8, 4) is 0 Å². The monoisotopic (exact) mass is 280 g/mol. The van der Waals surface area contributed by atoms with E-state index in [0.29, 0.717) is 17.9 Å². The highest BCUT2D eigenvalue weighted by Gasteiger charge is 2.31. The molecule has 2 rings (SSSR count). The van der Waals surface area contributed by atoms with Crippen molar-refractivity contribution < 1.29 is 4.79 Å². The number of hydrogen-bond donors (Lipinski definition) is 0. The molecule has 0 saturated carbocycles. The van der Waals surface area contributed by atoms with Crippen molar-refractivity contribution in [1.29, 1.82) is 0 Å². The molecule has 4 heteroatoms. The summed E-state index contributed by atoms with van der Waals surface area (Å²) in [5, 5.41) is 1.04. The van der Waals surface area contributed by atoms with Gasteiger partial charge in [0.15, 0.2) is 11.4 Å². The molecule has 0 aromatic carbocycles. The number of aromatic nitrogens is 1. The van der Waals surface area contributed by atoms with Gasteiger partial charge >= 0.3 is 0 Å². The Balaban J connectivity index is 2.27. The number of aldehydes is 1. The Morgan fingerprint density at radius 1 is 1.42 bits per heavy atom. The van der Waals surface area contributed by atoms with Gasteiger partial charge in [0.05, 0.1) is 10.6 Å². The first-order chi connectivity index (χ1) is 9.06. The standard InChI is InChI=1S/C15H24N2OS/c1-5-6-13-14(9-18)19-15(16-13)17-8-10(2)7-11(3)12(17)4/h9-12H,5-8H2,1-4H3. The van der Waals surface area contributed by atoms with E-state index in [-0.39, 0.29) is 0 Å². The predicted molar refractivity (Wildman–Crippen MR) is 81.2 cm³/mol. The van der Waals surface area contributed by atoms with Gasteiger partial charge in [-0.25, -0.2) is 4.98 Å². The van der Waals surface area contributed by atoms with E-state index in [1.807, 2.05) is 0 Å². The number of aryl methyl sites for hydroxylation is 1. The molecule has 0 N–H and O–H groups in total. The second-order valence-electron chi connectivity index (χ2n) is 5.89. The van der Waals surface area contributed by atoms with Gasteiger partial charge in [-0.1, -0.05) is 38.5 Å². The Bertz CT molecular complexity index is 443. The van der Waals surface area contributed by atoms with E-state index < -0.39 is 0 Å². The summed E-state index contributed by atoms with van der Waals surface area (Å²) in [6.45, 7) is 10.1. The van der Waals surface area contributed by atoms with Crippen LogP contribution in [0.5, 0.6) is 0 Å². The highest BCUT2D eigenvalue weighted by molar-refractivity contribution is 7.17. The molecule has 106 valence electrons. The van der Waals surface area contributed by atoms with E-state index in [2.05, 4.69) is 32.6 Å². The summed E-state index contributed by atoms with van der Waals surface area (Å²) >= 11 is 1.56. The van der Waals surface area contributed by atoms with Crippen LogP contribution in [0, 0.1) is 11.8 Å². The van der Waals surface area contributed by atoms with Crippen molar-refractivity contribution in [3.05, 3.63) is 10.6 Å². The number of rotatable bonds is 4. The van der Waals surface area contributed by atoms with E-state index in [9.17, 15) is 4.79 Å². The molecule has 0 spiro atoms. The number of carbonyl (C=O) groups excluding carboxylic acids is 1. The van der Waals surface area contributed by atoms with Crippen LogP contribution in [0.1, 0.15) is 55.9 Å². The largest absolute Gasteiger partial charge is 0.345 e. The summed E-state index contributed by atoms with van der Waals surface area (Å²) in [5.74, 6) is 1.38. The molecule has 1 aromatic rings. The Kier molecular flexibility index (Phi) is 4.61.